The van der Waals surface area contributed by atoms with Gasteiger partial charge in [-0.2, -0.15) is 0 Å². The molecule has 1 unspecified atom stereocenters. The first-order chi connectivity index (χ1) is 4.86. The highest BCUT2D eigenvalue weighted by Crippen LogP contribution is 2.19. The summed E-state index contributed by atoms with van der Waals surface area (Å²) >= 11 is 0. The highest BCUT2D eigenvalue weighted by atomic mass is 15.3. The largest absolute Gasteiger partial charge is 0.384 e. The molecule has 0 aromatic heterocycles. The second kappa shape index (κ2) is 2.08. The molecule has 0 aromatic carbocycles. The van der Waals surface area contributed by atoms with Gasteiger partial charge in [0.05, 0.1) is 6.17 Å². The van der Waals surface area contributed by atoms with Gasteiger partial charge < -0.3 is 16.0 Å². The van der Waals surface area contributed by atoms with Gasteiger partial charge in [-0.3, -0.25) is 0 Å². The molecule has 0 radical (unpaired) electrons. The van der Waals surface area contributed by atoms with E-state index in [0.717, 1.165) is 5.82 Å². The van der Waals surface area contributed by atoms with Crippen LogP contribution in [0.15, 0.2) is 12.0 Å². The Morgan fingerprint density at radius 1 is 1.60 bits per heavy atom. The molecule has 10 heavy (non-hydrogen) atoms. The minimum Gasteiger partial charge on any atom is -0.384 e. The van der Waals surface area contributed by atoms with Crippen molar-refractivity contribution >= 4 is 0 Å². The summed E-state index contributed by atoms with van der Waals surface area (Å²) in [6.45, 7) is 1.17. The molecular weight excluding hydrogens is 126 g/mol. The Kier molecular flexibility index (Phi) is 1.22. The highest BCUT2D eigenvalue weighted by Gasteiger charge is 2.24. The van der Waals surface area contributed by atoms with Gasteiger partial charge in [-0.25, -0.2) is 0 Å². The molecule has 0 bridgehead atoms. The van der Waals surface area contributed by atoms with Crippen LogP contribution in [0.5, 0.6) is 0 Å². The fourth-order valence-corrected chi connectivity index (χ4v) is 1.67. The van der Waals surface area contributed by atoms with E-state index in [0.29, 0.717) is 6.17 Å². The summed E-state index contributed by atoms with van der Waals surface area (Å²) in [6, 6.07) is 0. The number of rotatable bonds is 0. The topological polar surface area (TPSA) is 41.3 Å². The zero-order valence-corrected chi connectivity index (χ0v) is 6.01. The van der Waals surface area contributed by atoms with Crippen LogP contribution < -0.4 is 11.1 Å². The monoisotopic (exact) mass is 139 g/mol. The fourth-order valence-electron chi connectivity index (χ4n) is 1.67. The van der Waals surface area contributed by atoms with Crippen molar-refractivity contribution in [2.24, 2.45) is 5.73 Å². The molecular formula is C7H13N3. The van der Waals surface area contributed by atoms with Gasteiger partial charge in [-0.05, 0) is 19.3 Å². The summed E-state index contributed by atoms with van der Waals surface area (Å²) in [7, 11) is 0. The van der Waals surface area contributed by atoms with Gasteiger partial charge >= 0.3 is 0 Å². The minimum absolute atomic E-state index is 0.508. The second-order valence-corrected chi connectivity index (χ2v) is 2.98. The first-order valence-electron chi connectivity index (χ1n) is 3.86. The van der Waals surface area contributed by atoms with Crippen LogP contribution in [0.3, 0.4) is 0 Å². The van der Waals surface area contributed by atoms with E-state index >= 15 is 0 Å². The van der Waals surface area contributed by atoms with Crippen LogP contribution in [0.2, 0.25) is 0 Å². The molecule has 2 aliphatic heterocycles. The lowest BCUT2D eigenvalue weighted by Crippen LogP contribution is -2.40. The zero-order valence-electron chi connectivity index (χ0n) is 6.01. The lowest BCUT2D eigenvalue weighted by molar-refractivity contribution is 0.215. The van der Waals surface area contributed by atoms with Crippen LogP contribution in [-0.2, 0) is 0 Å². The van der Waals surface area contributed by atoms with Gasteiger partial charge in [0.2, 0.25) is 0 Å². The number of fused-ring (bicyclic) bond motifs is 1. The lowest BCUT2D eigenvalue weighted by Gasteiger charge is -2.29. The molecule has 2 rings (SSSR count). The Hall–Kier alpha value is -0.860. The van der Waals surface area contributed by atoms with Gasteiger partial charge in [0, 0.05) is 12.7 Å². The Labute approximate surface area is 60.9 Å². The Balaban J connectivity index is 2.06. The number of nitrogens with two attached hydrogens (primary N) is 1. The summed E-state index contributed by atoms with van der Waals surface area (Å²) in [5.74, 6) is 0.826. The average molecular weight is 139 g/mol. The summed E-state index contributed by atoms with van der Waals surface area (Å²) in [5, 5.41) is 3.22. The van der Waals surface area contributed by atoms with Crippen molar-refractivity contribution < 1.29 is 0 Å². The fraction of sp³-hybridized carbons (Fsp3) is 0.714. The molecule has 0 amide bonds. The van der Waals surface area contributed by atoms with Crippen molar-refractivity contribution in [2.75, 3.05) is 6.54 Å². The van der Waals surface area contributed by atoms with E-state index in [-0.39, 0.29) is 0 Å². The first-order valence-corrected chi connectivity index (χ1v) is 3.86. The third kappa shape index (κ3) is 0.818. The molecule has 1 saturated heterocycles. The molecule has 2 aliphatic rings. The smallest absolute Gasteiger partial charge is 0.114 e. The molecule has 0 spiro atoms. The van der Waals surface area contributed by atoms with Crippen LogP contribution in [0.1, 0.15) is 19.3 Å². The lowest BCUT2D eigenvalue weighted by atomic mass is 10.1. The van der Waals surface area contributed by atoms with Gasteiger partial charge in [-0.15, -0.1) is 0 Å². The van der Waals surface area contributed by atoms with Crippen LogP contribution in [0.25, 0.3) is 0 Å². The molecule has 3 nitrogen and oxygen atoms in total. The van der Waals surface area contributed by atoms with E-state index < -0.39 is 0 Å². The van der Waals surface area contributed by atoms with E-state index in [2.05, 4.69) is 10.2 Å². The number of hydrogen-bond donors (Lipinski definition) is 2. The number of hydrogen-bond acceptors (Lipinski definition) is 3. The quantitative estimate of drug-likeness (QED) is 0.502. The third-order valence-corrected chi connectivity index (χ3v) is 2.18. The molecule has 3 N–H and O–H groups in total. The standard InChI is InChI=1S/C7H13N3/c8-6-5-10-4-2-1-3-7(10)9-6/h5,7,9H,1-4,8H2. The van der Waals surface area contributed by atoms with E-state index in [9.17, 15) is 0 Å². The summed E-state index contributed by atoms with van der Waals surface area (Å²) in [6.07, 6.45) is 6.40. The van der Waals surface area contributed by atoms with E-state index in [1.807, 2.05) is 6.20 Å². The Morgan fingerprint density at radius 3 is 3.30 bits per heavy atom. The SMILES string of the molecule is NC1=CN2CCCCC2N1. The van der Waals surface area contributed by atoms with Crippen molar-refractivity contribution in [3.05, 3.63) is 12.0 Å². The van der Waals surface area contributed by atoms with Crippen molar-refractivity contribution in [1.29, 1.82) is 0 Å². The zero-order chi connectivity index (χ0) is 6.97. The summed E-state index contributed by atoms with van der Waals surface area (Å²) in [4.78, 5) is 2.29. The predicted octanol–water partition coefficient (Wildman–Crippen LogP) is 0.159. The van der Waals surface area contributed by atoms with Gasteiger partial charge in [0.1, 0.15) is 5.82 Å². The number of piperidine rings is 1. The summed E-state index contributed by atoms with van der Waals surface area (Å²) < 4.78 is 0. The van der Waals surface area contributed by atoms with Crippen LogP contribution >= 0.6 is 0 Å². The maximum Gasteiger partial charge on any atom is 0.114 e. The third-order valence-electron chi connectivity index (χ3n) is 2.18. The maximum absolute atomic E-state index is 5.60. The van der Waals surface area contributed by atoms with Gasteiger partial charge in [0.25, 0.3) is 0 Å². The van der Waals surface area contributed by atoms with E-state index in [4.69, 9.17) is 5.73 Å². The number of nitrogens with zero attached hydrogens (tertiary/aromatic N) is 1. The Bertz CT molecular complexity index is 164. The molecule has 0 aliphatic carbocycles. The van der Waals surface area contributed by atoms with Crippen LogP contribution in [0, 0.1) is 0 Å². The minimum atomic E-state index is 0.508. The summed E-state index contributed by atoms with van der Waals surface area (Å²) in [5.41, 5.74) is 5.60. The highest BCUT2D eigenvalue weighted by molar-refractivity contribution is 5.04. The second-order valence-electron chi connectivity index (χ2n) is 2.98. The Morgan fingerprint density at radius 2 is 2.50 bits per heavy atom. The molecule has 0 aromatic rings. The number of nitrogens with one attached hydrogen (secondary N) is 1. The molecule has 56 valence electrons. The van der Waals surface area contributed by atoms with Crippen LogP contribution in [-0.4, -0.2) is 17.6 Å². The predicted molar refractivity (Wildman–Crippen MR) is 39.8 cm³/mol. The average Bonchev–Trinajstić information content (AvgIpc) is 2.27. The van der Waals surface area contributed by atoms with Gasteiger partial charge in [0.15, 0.2) is 0 Å². The molecule has 1 fully saturated rings. The normalized spacial score (nSPS) is 31.0. The van der Waals surface area contributed by atoms with E-state index in [1.54, 1.807) is 0 Å². The van der Waals surface area contributed by atoms with Crippen LogP contribution in [0.4, 0.5) is 0 Å². The van der Waals surface area contributed by atoms with Gasteiger partial charge in [-0.1, -0.05) is 0 Å². The van der Waals surface area contributed by atoms with Crippen molar-refractivity contribution in [3.8, 4) is 0 Å². The van der Waals surface area contributed by atoms with Crippen molar-refractivity contribution in [1.82, 2.24) is 10.2 Å². The molecule has 2 heterocycles. The van der Waals surface area contributed by atoms with E-state index in [1.165, 1.54) is 25.8 Å². The molecule has 1 atom stereocenters. The van der Waals surface area contributed by atoms with Crippen molar-refractivity contribution in [3.63, 3.8) is 0 Å². The molecule has 3 heteroatoms. The molecule has 0 saturated carbocycles. The first kappa shape index (κ1) is 5.89. The van der Waals surface area contributed by atoms with Crippen molar-refractivity contribution in [2.45, 2.75) is 25.4 Å². The maximum atomic E-state index is 5.60.